The Morgan fingerprint density at radius 3 is 2.84 bits per heavy atom. The number of hydrogen-bond donors (Lipinski definition) is 2. The number of benzene rings is 1. The number of carbonyl (C=O) groups is 1. The van der Waals surface area contributed by atoms with Crippen LogP contribution >= 0.6 is 15.9 Å². The zero-order valence-electron chi connectivity index (χ0n) is 10.9. The fraction of sp³-hybridized carbons (Fsp3) is 0.214. The van der Waals surface area contributed by atoms with Gasteiger partial charge in [-0.3, -0.25) is 4.79 Å². The Bertz CT molecular complexity index is 619. The van der Waals surface area contributed by atoms with Gasteiger partial charge < -0.3 is 15.6 Å². The van der Waals surface area contributed by atoms with Gasteiger partial charge in [0.25, 0.3) is 5.91 Å². The molecule has 0 radical (unpaired) electrons. The quantitative estimate of drug-likeness (QED) is 0.910. The molecule has 5 heteroatoms. The number of nitrogen functional groups attached to an aromatic ring is 1. The third kappa shape index (κ3) is 2.98. The summed E-state index contributed by atoms with van der Waals surface area (Å²) < 4.78 is 2.68. The van der Waals surface area contributed by atoms with E-state index in [2.05, 4.69) is 21.2 Å². The number of carbonyl (C=O) groups excluding carboxylic acids is 1. The van der Waals surface area contributed by atoms with Crippen LogP contribution in [0.1, 0.15) is 23.0 Å². The average molecular weight is 322 g/mol. The highest BCUT2D eigenvalue weighted by atomic mass is 79.9. The summed E-state index contributed by atoms with van der Waals surface area (Å²) in [5, 5.41) is 2.89. The van der Waals surface area contributed by atoms with Crippen molar-refractivity contribution in [3.8, 4) is 0 Å². The summed E-state index contributed by atoms with van der Waals surface area (Å²) in [4.78, 5) is 12.3. The normalized spacial score (nSPS) is 10.5. The Balaban J connectivity index is 2.27. The summed E-state index contributed by atoms with van der Waals surface area (Å²) in [5.74, 6) is -0.162. The predicted octanol–water partition coefficient (Wildman–Crippen LogP) is 3.41. The molecule has 0 aliphatic heterocycles. The number of nitrogens with one attached hydrogen (secondary N) is 1. The highest BCUT2D eigenvalue weighted by Gasteiger charge is 2.13. The van der Waals surface area contributed by atoms with Crippen molar-refractivity contribution in [1.82, 2.24) is 4.57 Å². The van der Waals surface area contributed by atoms with Gasteiger partial charge in [0.15, 0.2) is 0 Å². The molecule has 0 saturated heterocycles. The Morgan fingerprint density at radius 1 is 1.42 bits per heavy atom. The van der Waals surface area contributed by atoms with Crippen LogP contribution in [0.15, 0.2) is 34.9 Å². The minimum absolute atomic E-state index is 0.162. The molecule has 19 heavy (non-hydrogen) atoms. The van der Waals surface area contributed by atoms with Crippen LogP contribution in [0, 0.1) is 6.92 Å². The molecule has 2 aromatic rings. The van der Waals surface area contributed by atoms with E-state index in [1.807, 2.05) is 36.6 Å². The summed E-state index contributed by atoms with van der Waals surface area (Å²) in [6.07, 6.45) is 1.76. The molecule has 3 N–H and O–H groups in total. The second kappa shape index (κ2) is 5.48. The van der Waals surface area contributed by atoms with Crippen molar-refractivity contribution in [2.75, 3.05) is 11.1 Å². The number of anilines is 2. The zero-order chi connectivity index (χ0) is 14.0. The van der Waals surface area contributed by atoms with E-state index in [-0.39, 0.29) is 5.91 Å². The van der Waals surface area contributed by atoms with E-state index in [0.717, 1.165) is 15.7 Å². The first-order chi connectivity index (χ1) is 9.01. The molecule has 0 bridgehead atoms. The molecule has 100 valence electrons. The highest BCUT2D eigenvalue weighted by molar-refractivity contribution is 9.10. The first kappa shape index (κ1) is 13.7. The lowest BCUT2D eigenvalue weighted by molar-refractivity contribution is 0.101. The number of halogens is 1. The SMILES string of the molecule is CCn1cc(N)cc1C(=O)Nc1cc(C)ccc1Br. The molecular weight excluding hydrogens is 306 g/mol. The van der Waals surface area contributed by atoms with Crippen LogP contribution in [-0.4, -0.2) is 10.5 Å². The molecule has 4 nitrogen and oxygen atoms in total. The molecule has 1 aromatic heterocycles. The van der Waals surface area contributed by atoms with Gasteiger partial charge in [-0.1, -0.05) is 6.07 Å². The number of aromatic nitrogens is 1. The monoisotopic (exact) mass is 321 g/mol. The molecule has 2 rings (SSSR count). The van der Waals surface area contributed by atoms with Crippen molar-refractivity contribution >= 4 is 33.2 Å². The maximum absolute atomic E-state index is 12.3. The maximum atomic E-state index is 12.3. The van der Waals surface area contributed by atoms with Crippen molar-refractivity contribution in [1.29, 1.82) is 0 Å². The number of hydrogen-bond acceptors (Lipinski definition) is 2. The van der Waals surface area contributed by atoms with Crippen LogP contribution in [0.5, 0.6) is 0 Å². The van der Waals surface area contributed by atoms with Gasteiger partial charge in [0.05, 0.1) is 11.4 Å². The van der Waals surface area contributed by atoms with Crippen molar-refractivity contribution in [3.63, 3.8) is 0 Å². The molecule has 0 fully saturated rings. The van der Waals surface area contributed by atoms with Crippen LogP contribution < -0.4 is 11.1 Å². The van der Waals surface area contributed by atoms with Gasteiger partial charge >= 0.3 is 0 Å². The Kier molecular flexibility index (Phi) is 3.95. The van der Waals surface area contributed by atoms with Crippen molar-refractivity contribution in [3.05, 3.63) is 46.2 Å². The fourth-order valence-electron chi connectivity index (χ4n) is 1.91. The van der Waals surface area contributed by atoms with Gasteiger partial charge in [-0.15, -0.1) is 0 Å². The maximum Gasteiger partial charge on any atom is 0.272 e. The minimum Gasteiger partial charge on any atom is -0.397 e. The van der Waals surface area contributed by atoms with E-state index in [1.54, 1.807) is 12.3 Å². The van der Waals surface area contributed by atoms with E-state index in [9.17, 15) is 4.79 Å². The third-order valence-corrected chi connectivity index (χ3v) is 3.55. The Hall–Kier alpha value is -1.75. The molecule has 0 aliphatic rings. The summed E-state index contributed by atoms with van der Waals surface area (Å²) in [6.45, 7) is 4.66. The lowest BCUT2D eigenvalue weighted by Crippen LogP contribution is -2.16. The van der Waals surface area contributed by atoms with Crippen molar-refractivity contribution in [2.45, 2.75) is 20.4 Å². The number of aryl methyl sites for hydroxylation is 2. The molecule has 0 saturated carbocycles. The molecule has 0 unspecified atom stereocenters. The molecular formula is C14H16BrN3O. The van der Waals surface area contributed by atoms with Crippen LogP contribution in [0.25, 0.3) is 0 Å². The van der Waals surface area contributed by atoms with Gasteiger partial charge in [-0.05, 0) is 53.5 Å². The molecule has 1 heterocycles. The average Bonchev–Trinajstić information content (AvgIpc) is 2.75. The van der Waals surface area contributed by atoms with Gasteiger partial charge in [0, 0.05) is 17.2 Å². The number of nitrogens with zero attached hydrogens (tertiary/aromatic N) is 1. The smallest absolute Gasteiger partial charge is 0.272 e. The molecule has 1 aromatic carbocycles. The first-order valence-electron chi connectivity index (χ1n) is 6.04. The van der Waals surface area contributed by atoms with E-state index >= 15 is 0 Å². The number of rotatable bonds is 3. The standard InChI is InChI=1S/C14H16BrN3O/c1-3-18-8-10(16)7-13(18)14(19)17-12-6-9(2)4-5-11(12)15/h4-8H,3,16H2,1-2H3,(H,17,19). The summed E-state index contributed by atoms with van der Waals surface area (Å²) in [7, 11) is 0. The van der Waals surface area contributed by atoms with Gasteiger partial charge in [-0.25, -0.2) is 0 Å². The van der Waals surface area contributed by atoms with Crippen LogP contribution in [-0.2, 0) is 6.54 Å². The van der Waals surface area contributed by atoms with Crippen LogP contribution in [0.3, 0.4) is 0 Å². The third-order valence-electron chi connectivity index (χ3n) is 2.86. The summed E-state index contributed by atoms with van der Waals surface area (Å²) >= 11 is 3.43. The van der Waals surface area contributed by atoms with E-state index in [1.165, 1.54) is 0 Å². The van der Waals surface area contributed by atoms with E-state index in [4.69, 9.17) is 5.73 Å². The Labute approximate surface area is 120 Å². The molecule has 0 atom stereocenters. The first-order valence-corrected chi connectivity index (χ1v) is 6.83. The Morgan fingerprint density at radius 2 is 2.16 bits per heavy atom. The number of amides is 1. The summed E-state index contributed by atoms with van der Waals surface area (Å²) in [5.41, 5.74) is 8.73. The fourth-order valence-corrected chi connectivity index (χ4v) is 2.25. The minimum atomic E-state index is -0.162. The van der Waals surface area contributed by atoms with Crippen molar-refractivity contribution in [2.24, 2.45) is 0 Å². The van der Waals surface area contributed by atoms with Crippen molar-refractivity contribution < 1.29 is 4.79 Å². The zero-order valence-corrected chi connectivity index (χ0v) is 12.5. The molecule has 0 aliphatic carbocycles. The summed E-state index contributed by atoms with van der Waals surface area (Å²) in [6, 6.07) is 7.50. The van der Waals surface area contributed by atoms with Crippen LogP contribution in [0.2, 0.25) is 0 Å². The van der Waals surface area contributed by atoms with E-state index < -0.39 is 0 Å². The molecule has 1 amide bonds. The van der Waals surface area contributed by atoms with Gasteiger partial charge in [-0.2, -0.15) is 0 Å². The highest BCUT2D eigenvalue weighted by Crippen LogP contribution is 2.24. The predicted molar refractivity (Wildman–Crippen MR) is 81.4 cm³/mol. The van der Waals surface area contributed by atoms with Crippen LogP contribution in [0.4, 0.5) is 11.4 Å². The largest absolute Gasteiger partial charge is 0.397 e. The van der Waals surface area contributed by atoms with Gasteiger partial charge in [0.2, 0.25) is 0 Å². The van der Waals surface area contributed by atoms with Gasteiger partial charge in [0.1, 0.15) is 5.69 Å². The second-order valence-electron chi connectivity index (χ2n) is 4.38. The van der Waals surface area contributed by atoms with E-state index in [0.29, 0.717) is 17.9 Å². The second-order valence-corrected chi connectivity index (χ2v) is 5.24. The lowest BCUT2D eigenvalue weighted by atomic mass is 10.2. The lowest BCUT2D eigenvalue weighted by Gasteiger charge is -2.10. The number of nitrogens with two attached hydrogens (primary N) is 1. The molecule has 0 spiro atoms. The topological polar surface area (TPSA) is 60.0 Å².